The van der Waals surface area contributed by atoms with Crippen LogP contribution in [0.25, 0.3) is 0 Å². The summed E-state index contributed by atoms with van der Waals surface area (Å²) in [5.74, 6) is -0.0594. The third-order valence-corrected chi connectivity index (χ3v) is 4.35. The van der Waals surface area contributed by atoms with Gasteiger partial charge in [-0.3, -0.25) is 0 Å². The maximum Gasteiger partial charge on any atom is 0.126 e. The number of hydrogen-bond acceptors (Lipinski definition) is 2. The number of nitrogens with one attached hydrogen (secondary N) is 1. The van der Waals surface area contributed by atoms with E-state index in [1.165, 1.54) is 0 Å². The van der Waals surface area contributed by atoms with Crippen molar-refractivity contribution >= 4 is 0 Å². The number of fused-ring (bicyclic) bond motifs is 1. The molecule has 1 unspecified atom stereocenters. The lowest BCUT2D eigenvalue weighted by Crippen LogP contribution is -2.36. The fourth-order valence-electron chi connectivity index (χ4n) is 3.31. The fourth-order valence-corrected chi connectivity index (χ4v) is 3.31. The van der Waals surface area contributed by atoms with Crippen LogP contribution in [-0.4, -0.2) is 17.3 Å². The van der Waals surface area contributed by atoms with Gasteiger partial charge in [-0.2, -0.15) is 0 Å². The third kappa shape index (κ3) is 2.29. The number of benzene rings is 1. The Kier molecular flexibility index (Phi) is 3.35. The number of hydrogen-bond donors (Lipinski definition) is 2. The first-order valence-corrected chi connectivity index (χ1v) is 6.95. The Labute approximate surface area is 107 Å². The molecule has 2 aliphatic carbocycles. The highest BCUT2D eigenvalue weighted by Gasteiger charge is 2.28. The van der Waals surface area contributed by atoms with Crippen molar-refractivity contribution in [3.63, 3.8) is 0 Å². The van der Waals surface area contributed by atoms with Gasteiger partial charge < -0.3 is 10.4 Å². The smallest absolute Gasteiger partial charge is 0.126 e. The van der Waals surface area contributed by atoms with Gasteiger partial charge in [-0.1, -0.05) is 12.1 Å². The number of halogens is 1. The first-order chi connectivity index (χ1) is 8.74. The predicted octanol–water partition coefficient (Wildman–Crippen LogP) is 2.71. The van der Waals surface area contributed by atoms with Gasteiger partial charge in [-0.25, -0.2) is 4.39 Å². The summed E-state index contributed by atoms with van der Waals surface area (Å²) in [6.07, 6.45) is 5.56. The Balaban J connectivity index is 1.68. The molecule has 2 aliphatic rings. The number of aliphatic hydroxyl groups is 1. The molecule has 1 aromatic carbocycles. The minimum atomic E-state index is -0.114. The molecule has 3 rings (SSSR count). The van der Waals surface area contributed by atoms with Gasteiger partial charge in [0.1, 0.15) is 5.82 Å². The molecular formula is C15H20FNO. The van der Waals surface area contributed by atoms with Crippen LogP contribution in [0.2, 0.25) is 0 Å². The van der Waals surface area contributed by atoms with Crippen molar-refractivity contribution in [1.29, 1.82) is 0 Å². The lowest BCUT2D eigenvalue weighted by atomic mass is 9.92. The van der Waals surface area contributed by atoms with Crippen molar-refractivity contribution in [2.75, 3.05) is 0 Å². The van der Waals surface area contributed by atoms with Gasteiger partial charge in [0.25, 0.3) is 0 Å². The molecule has 0 aromatic heterocycles. The molecule has 3 heteroatoms. The molecule has 0 heterocycles. The van der Waals surface area contributed by atoms with E-state index >= 15 is 0 Å². The van der Waals surface area contributed by atoms with Crippen LogP contribution in [0.5, 0.6) is 0 Å². The van der Waals surface area contributed by atoms with Crippen LogP contribution >= 0.6 is 0 Å². The van der Waals surface area contributed by atoms with Crippen LogP contribution in [0.4, 0.5) is 4.39 Å². The predicted molar refractivity (Wildman–Crippen MR) is 68.9 cm³/mol. The van der Waals surface area contributed by atoms with E-state index in [1.54, 1.807) is 12.1 Å². The summed E-state index contributed by atoms with van der Waals surface area (Å²) in [7, 11) is 0. The standard InChI is InChI=1S/C15H20FNO/c16-14-3-1-2-13-12(14)8-9-15(13)17-10-4-6-11(18)7-5-10/h1-3,10-11,15,17-18H,4-9H2. The molecule has 0 bridgehead atoms. The Morgan fingerprint density at radius 2 is 1.89 bits per heavy atom. The lowest BCUT2D eigenvalue weighted by Gasteiger charge is -2.29. The molecule has 2 nitrogen and oxygen atoms in total. The summed E-state index contributed by atoms with van der Waals surface area (Å²) in [5.41, 5.74) is 2.03. The molecule has 0 saturated heterocycles. The SMILES string of the molecule is OC1CCC(NC2CCc3c(F)cccc32)CC1. The second-order valence-electron chi connectivity index (χ2n) is 5.57. The van der Waals surface area contributed by atoms with Crippen molar-refractivity contribution in [3.8, 4) is 0 Å². The molecule has 1 fully saturated rings. The fraction of sp³-hybridized carbons (Fsp3) is 0.600. The van der Waals surface area contributed by atoms with Crippen LogP contribution in [0.1, 0.15) is 49.3 Å². The molecular weight excluding hydrogens is 229 g/mol. The Bertz CT molecular complexity index is 427. The van der Waals surface area contributed by atoms with Gasteiger partial charge in [0.2, 0.25) is 0 Å². The molecule has 0 spiro atoms. The minimum absolute atomic E-state index is 0.0594. The zero-order valence-corrected chi connectivity index (χ0v) is 10.5. The molecule has 0 aliphatic heterocycles. The molecule has 1 saturated carbocycles. The summed E-state index contributed by atoms with van der Waals surface area (Å²) < 4.78 is 13.6. The van der Waals surface area contributed by atoms with E-state index in [1.807, 2.05) is 6.07 Å². The largest absolute Gasteiger partial charge is 0.393 e. The number of aliphatic hydroxyl groups excluding tert-OH is 1. The topological polar surface area (TPSA) is 32.3 Å². The number of rotatable bonds is 2. The van der Waals surface area contributed by atoms with Crippen molar-refractivity contribution in [2.24, 2.45) is 0 Å². The minimum Gasteiger partial charge on any atom is -0.393 e. The van der Waals surface area contributed by atoms with E-state index in [0.29, 0.717) is 12.1 Å². The van der Waals surface area contributed by atoms with Crippen LogP contribution < -0.4 is 5.32 Å². The van der Waals surface area contributed by atoms with Gasteiger partial charge in [0, 0.05) is 12.1 Å². The van der Waals surface area contributed by atoms with E-state index in [9.17, 15) is 9.50 Å². The highest BCUT2D eigenvalue weighted by Crippen LogP contribution is 2.34. The molecule has 2 N–H and O–H groups in total. The summed E-state index contributed by atoms with van der Waals surface area (Å²) in [5, 5.41) is 13.1. The van der Waals surface area contributed by atoms with E-state index in [2.05, 4.69) is 5.32 Å². The van der Waals surface area contributed by atoms with Crippen molar-refractivity contribution in [1.82, 2.24) is 5.32 Å². The normalized spacial score (nSPS) is 31.3. The van der Waals surface area contributed by atoms with E-state index in [0.717, 1.165) is 49.7 Å². The van der Waals surface area contributed by atoms with Crippen molar-refractivity contribution in [3.05, 3.63) is 35.1 Å². The average molecular weight is 249 g/mol. The van der Waals surface area contributed by atoms with Crippen LogP contribution in [0, 0.1) is 5.82 Å². The van der Waals surface area contributed by atoms with Crippen LogP contribution in [-0.2, 0) is 6.42 Å². The molecule has 0 radical (unpaired) electrons. The molecule has 1 atom stereocenters. The van der Waals surface area contributed by atoms with E-state index in [4.69, 9.17) is 0 Å². The molecule has 98 valence electrons. The summed E-state index contributed by atoms with van der Waals surface area (Å²) in [6, 6.07) is 6.18. The maximum absolute atomic E-state index is 13.6. The van der Waals surface area contributed by atoms with Crippen LogP contribution in [0.3, 0.4) is 0 Å². The van der Waals surface area contributed by atoms with Crippen LogP contribution in [0.15, 0.2) is 18.2 Å². The first-order valence-electron chi connectivity index (χ1n) is 6.95. The van der Waals surface area contributed by atoms with Gasteiger partial charge in [-0.05, 0) is 55.7 Å². The van der Waals surface area contributed by atoms with Gasteiger partial charge >= 0.3 is 0 Å². The average Bonchev–Trinajstić information content (AvgIpc) is 2.77. The highest BCUT2D eigenvalue weighted by molar-refractivity contribution is 5.35. The Morgan fingerprint density at radius 1 is 1.11 bits per heavy atom. The zero-order chi connectivity index (χ0) is 12.5. The molecule has 0 amide bonds. The lowest BCUT2D eigenvalue weighted by molar-refractivity contribution is 0.114. The Hall–Kier alpha value is -0.930. The second-order valence-corrected chi connectivity index (χ2v) is 5.57. The van der Waals surface area contributed by atoms with E-state index < -0.39 is 0 Å². The summed E-state index contributed by atoms with van der Waals surface area (Å²) in [6.45, 7) is 0. The van der Waals surface area contributed by atoms with Gasteiger partial charge in [0.15, 0.2) is 0 Å². The monoisotopic (exact) mass is 249 g/mol. The van der Waals surface area contributed by atoms with Crippen molar-refractivity contribution < 1.29 is 9.50 Å². The molecule has 18 heavy (non-hydrogen) atoms. The first kappa shape index (κ1) is 12.1. The van der Waals surface area contributed by atoms with Gasteiger partial charge in [-0.15, -0.1) is 0 Å². The highest BCUT2D eigenvalue weighted by atomic mass is 19.1. The third-order valence-electron chi connectivity index (χ3n) is 4.35. The Morgan fingerprint density at radius 3 is 2.67 bits per heavy atom. The summed E-state index contributed by atoms with van der Waals surface area (Å²) in [4.78, 5) is 0. The van der Waals surface area contributed by atoms with Crippen molar-refractivity contribution in [2.45, 2.75) is 56.7 Å². The van der Waals surface area contributed by atoms with Gasteiger partial charge in [0.05, 0.1) is 6.10 Å². The molecule has 1 aromatic rings. The summed E-state index contributed by atoms with van der Waals surface area (Å²) >= 11 is 0. The second kappa shape index (κ2) is 4.98. The zero-order valence-electron chi connectivity index (χ0n) is 10.5. The van der Waals surface area contributed by atoms with E-state index in [-0.39, 0.29) is 11.9 Å². The maximum atomic E-state index is 13.6. The quantitative estimate of drug-likeness (QED) is 0.844.